The van der Waals surface area contributed by atoms with Crippen LogP contribution >= 0.6 is 0 Å². The summed E-state index contributed by atoms with van der Waals surface area (Å²) in [6, 6.07) is 5.33. The molecule has 2 aromatic rings. The maximum absolute atomic E-state index is 10.1. The Kier molecular flexibility index (Phi) is 3.10. The van der Waals surface area contributed by atoms with E-state index in [1.54, 1.807) is 18.5 Å². The van der Waals surface area contributed by atoms with Crippen molar-refractivity contribution in [3.05, 3.63) is 24.5 Å². The number of carbonyl (C=O) groups excluding carboxylic acids is 1. The Labute approximate surface area is 92.1 Å². The lowest BCUT2D eigenvalue weighted by atomic mass is 10.3. The average Bonchev–Trinajstić information content (AvgIpc) is 2.69. The highest BCUT2D eigenvalue weighted by Gasteiger charge is 2.02. The second kappa shape index (κ2) is 4.70. The molecule has 0 aliphatic rings. The molecule has 0 saturated heterocycles. The van der Waals surface area contributed by atoms with Gasteiger partial charge in [-0.3, -0.25) is 0 Å². The van der Waals surface area contributed by atoms with Crippen LogP contribution < -0.4 is 0 Å². The molecule has 5 nitrogen and oxygen atoms in total. The molecule has 0 atom stereocenters. The van der Waals surface area contributed by atoms with E-state index >= 15 is 0 Å². The number of fused-ring (bicyclic) bond motifs is 1. The number of imidazole rings is 1. The van der Waals surface area contributed by atoms with Crippen LogP contribution in [0.25, 0.3) is 11.0 Å². The number of hydrogen-bond acceptors (Lipinski definition) is 4. The zero-order valence-electron chi connectivity index (χ0n) is 8.63. The van der Waals surface area contributed by atoms with Crippen LogP contribution in [0.15, 0.2) is 29.5 Å². The van der Waals surface area contributed by atoms with Gasteiger partial charge in [-0.15, -0.1) is 0 Å². The van der Waals surface area contributed by atoms with Gasteiger partial charge in [0.15, 0.2) is 0 Å². The molecule has 0 radical (unpaired) electrons. The summed E-state index contributed by atoms with van der Waals surface area (Å²) in [6.45, 7) is 0.885. The van der Waals surface area contributed by atoms with Crippen LogP contribution in [0.3, 0.4) is 0 Å². The molecular formula is C11H11N3O2. The van der Waals surface area contributed by atoms with Crippen LogP contribution in [0.5, 0.6) is 0 Å². The molecule has 1 N–H and O–H groups in total. The third-order valence-electron chi connectivity index (χ3n) is 2.34. The number of aryl methyl sites for hydroxylation is 1. The SMILES string of the molecule is O=C=Nc1ccc2c(c1)ncn2CCCO. The smallest absolute Gasteiger partial charge is 0.240 e. The molecule has 0 aliphatic heterocycles. The number of aliphatic imine (C=N–C) groups is 1. The van der Waals surface area contributed by atoms with E-state index in [1.807, 2.05) is 10.6 Å². The number of nitrogens with zero attached hydrogens (tertiary/aromatic N) is 3. The van der Waals surface area contributed by atoms with Crippen LogP contribution in [0.4, 0.5) is 5.69 Å². The summed E-state index contributed by atoms with van der Waals surface area (Å²) in [5.74, 6) is 0. The van der Waals surface area contributed by atoms with Crippen molar-refractivity contribution in [1.82, 2.24) is 9.55 Å². The second-order valence-corrected chi connectivity index (χ2v) is 3.39. The first kappa shape index (κ1) is 10.5. The predicted molar refractivity (Wildman–Crippen MR) is 59.2 cm³/mol. The highest BCUT2D eigenvalue weighted by atomic mass is 16.3. The number of aliphatic hydroxyl groups excluding tert-OH is 1. The Morgan fingerprint density at radius 1 is 1.50 bits per heavy atom. The Balaban J connectivity index is 2.38. The quantitative estimate of drug-likeness (QED) is 0.621. The highest BCUT2D eigenvalue weighted by molar-refractivity contribution is 5.79. The molecule has 1 heterocycles. The van der Waals surface area contributed by atoms with Crippen molar-refractivity contribution in [3.63, 3.8) is 0 Å². The van der Waals surface area contributed by atoms with Crippen molar-refractivity contribution < 1.29 is 9.90 Å². The third kappa shape index (κ3) is 2.00. The van der Waals surface area contributed by atoms with Gasteiger partial charge in [0.05, 0.1) is 23.0 Å². The van der Waals surface area contributed by atoms with Crippen molar-refractivity contribution in [2.75, 3.05) is 6.61 Å². The lowest BCUT2D eigenvalue weighted by Crippen LogP contribution is -1.97. The summed E-state index contributed by atoms with van der Waals surface area (Å²) in [7, 11) is 0. The van der Waals surface area contributed by atoms with E-state index in [2.05, 4.69) is 9.98 Å². The van der Waals surface area contributed by atoms with Crippen molar-refractivity contribution in [1.29, 1.82) is 0 Å². The fraction of sp³-hybridized carbons (Fsp3) is 0.273. The first-order valence-corrected chi connectivity index (χ1v) is 4.99. The van der Waals surface area contributed by atoms with Gasteiger partial charge in [0, 0.05) is 13.2 Å². The summed E-state index contributed by atoms with van der Waals surface area (Å²) in [5, 5.41) is 8.76. The molecule has 0 spiro atoms. The average molecular weight is 217 g/mol. The van der Waals surface area contributed by atoms with Crippen molar-refractivity contribution in [2.45, 2.75) is 13.0 Å². The van der Waals surface area contributed by atoms with E-state index in [0.717, 1.165) is 17.6 Å². The number of hydrogen-bond donors (Lipinski definition) is 1. The molecule has 2 rings (SSSR count). The van der Waals surface area contributed by atoms with Gasteiger partial charge < -0.3 is 9.67 Å². The molecule has 0 amide bonds. The standard InChI is InChI=1S/C11H11N3O2/c15-5-1-4-14-7-12-10-6-9(13-8-16)2-3-11(10)14/h2-3,6-7,15H,1,4-5H2. The van der Waals surface area contributed by atoms with Crippen LogP contribution in [0.2, 0.25) is 0 Å². The predicted octanol–water partition coefficient (Wildman–Crippen LogP) is 1.39. The molecule has 1 aromatic heterocycles. The van der Waals surface area contributed by atoms with Crippen LogP contribution in [-0.4, -0.2) is 27.3 Å². The van der Waals surface area contributed by atoms with Crippen molar-refractivity contribution >= 4 is 22.8 Å². The molecule has 0 fully saturated rings. The van der Waals surface area contributed by atoms with Crippen molar-refractivity contribution in [3.8, 4) is 0 Å². The molecule has 0 unspecified atom stereocenters. The summed E-state index contributed by atoms with van der Waals surface area (Å²) in [4.78, 5) is 17.9. The Morgan fingerprint density at radius 2 is 2.38 bits per heavy atom. The zero-order chi connectivity index (χ0) is 11.4. The van der Waals surface area contributed by atoms with E-state index < -0.39 is 0 Å². The van der Waals surface area contributed by atoms with E-state index in [-0.39, 0.29) is 6.61 Å². The Hall–Kier alpha value is -1.97. The molecule has 1 aromatic carbocycles. The van der Waals surface area contributed by atoms with Gasteiger partial charge >= 0.3 is 0 Å². The van der Waals surface area contributed by atoms with E-state index in [1.165, 1.54) is 6.08 Å². The first-order valence-electron chi connectivity index (χ1n) is 4.99. The van der Waals surface area contributed by atoms with Crippen LogP contribution in [0.1, 0.15) is 6.42 Å². The van der Waals surface area contributed by atoms with Gasteiger partial charge in [-0.1, -0.05) is 0 Å². The molecular weight excluding hydrogens is 206 g/mol. The number of isocyanates is 1. The molecule has 0 saturated carbocycles. The van der Waals surface area contributed by atoms with Gasteiger partial charge in [-0.25, -0.2) is 9.78 Å². The van der Waals surface area contributed by atoms with Gasteiger partial charge in [0.1, 0.15) is 0 Å². The molecule has 5 heteroatoms. The largest absolute Gasteiger partial charge is 0.396 e. The lowest BCUT2D eigenvalue weighted by molar-refractivity contribution is 0.280. The third-order valence-corrected chi connectivity index (χ3v) is 2.34. The first-order chi connectivity index (χ1) is 7.85. The monoisotopic (exact) mass is 217 g/mol. The Bertz CT molecular complexity index is 541. The Morgan fingerprint density at radius 3 is 3.12 bits per heavy atom. The van der Waals surface area contributed by atoms with Gasteiger partial charge in [-0.05, 0) is 24.6 Å². The van der Waals surface area contributed by atoms with Gasteiger partial charge in [0.2, 0.25) is 6.08 Å². The highest BCUT2D eigenvalue weighted by Crippen LogP contribution is 2.19. The topological polar surface area (TPSA) is 67.5 Å². The van der Waals surface area contributed by atoms with E-state index in [9.17, 15) is 4.79 Å². The van der Waals surface area contributed by atoms with Crippen molar-refractivity contribution in [2.24, 2.45) is 4.99 Å². The minimum Gasteiger partial charge on any atom is -0.396 e. The van der Waals surface area contributed by atoms with Gasteiger partial charge in [0.25, 0.3) is 0 Å². The summed E-state index contributed by atoms with van der Waals surface area (Å²) < 4.78 is 1.96. The zero-order valence-corrected chi connectivity index (χ0v) is 8.63. The molecule has 0 bridgehead atoms. The summed E-state index contributed by atoms with van der Waals surface area (Å²) >= 11 is 0. The minimum atomic E-state index is 0.160. The summed E-state index contributed by atoms with van der Waals surface area (Å²) in [6.07, 6.45) is 3.91. The maximum atomic E-state index is 10.1. The van der Waals surface area contributed by atoms with Crippen LogP contribution in [-0.2, 0) is 11.3 Å². The minimum absolute atomic E-state index is 0.160. The van der Waals surface area contributed by atoms with Gasteiger partial charge in [-0.2, -0.15) is 4.99 Å². The fourth-order valence-corrected chi connectivity index (χ4v) is 1.59. The van der Waals surface area contributed by atoms with E-state index in [0.29, 0.717) is 12.1 Å². The molecule has 0 aliphatic carbocycles. The normalized spacial score (nSPS) is 10.3. The number of rotatable bonds is 4. The second-order valence-electron chi connectivity index (χ2n) is 3.39. The number of aromatic nitrogens is 2. The number of aliphatic hydroxyl groups is 1. The molecule has 82 valence electrons. The summed E-state index contributed by atoms with van der Waals surface area (Å²) in [5.41, 5.74) is 2.31. The lowest BCUT2D eigenvalue weighted by Gasteiger charge is -2.01. The molecule has 16 heavy (non-hydrogen) atoms. The fourth-order valence-electron chi connectivity index (χ4n) is 1.59. The van der Waals surface area contributed by atoms with Crippen LogP contribution in [0, 0.1) is 0 Å². The van der Waals surface area contributed by atoms with E-state index in [4.69, 9.17) is 5.11 Å². The maximum Gasteiger partial charge on any atom is 0.240 e. The number of benzene rings is 1.